The minimum atomic E-state index is -1.05. The molecule has 24 heavy (non-hydrogen) atoms. The zero-order chi connectivity index (χ0) is 17.7. The molecular weight excluding hydrogens is 330 g/mol. The maximum Gasteiger partial charge on any atom is 0.342 e. The van der Waals surface area contributed by atoms with Gasteiger partial charge in [-0.15, -0.1) is 5.10 Å². The summed E-state index contributed by atoms with van der Waals surface area (Å²) in [5, 5.41) is 16.4. The lowest BCUT2D eigenvalue weighted by Gasteiger charge is -2.14. The first kappa shape index (κ1) is 17.9. The first-order chi connectivity index (χ1) is 11.4. The zero-order valence-electron chi connectivity index (χ0n) is 13.9. The van der Waals surface area contributed by atoms with E-state index in [1.54, 1.807) is 38.3 Å². The number of rotatable bonds is 7. The predicted molar refractivity (Wildman–Crippen MR) is 91.3 cm³/mol. The minimum Gasteiger partial charge on any atom is -0.493 e. The molecule has 0 bridgehead atoms. The van der Waals surface area contributed by atoms with Crippen molar-refractivity contribution in [2.75, 3.05) is 7.11 Å². The van der Waals surface area contributed by atoms with Crippen molar-refractivity contribution in [3.63, 3.8) is 0 Å². The number of hydrogen-bond donors (Lipinski definition) is 2. The van der Waals surface area contributed by atoms with Crippen LogP contribution in [0.5, 0.6) is 11.5 Å². The normalized spacial score (nSPS) is 11.6. The van der Waals surface area contributed by atoms with Crippen molar-refractivity contribution in [3.8, 4) is 11.5 Å². The fraction of sp³-hybridized carbons (Fsp3) is 0.312. The van der Waals surface area contributed by atoms with Gasteiger partial charge in [-0.3, -0.25) is 5.10 Å². The molecule has 1 heterocycles. The molecule has 0 saturated carbocycles. The van der Waals surface area contributed by atoms with E-state index in [1.165, 1.54) is 0 Å². The molecule has 0 spiro atoms. The largest absolute Gasteiger partial charge is 0.493 e. The Kier molecular flexibility index (Phi) is 5.86. The number of nitrogens with one attached hydrogen (secondary N) is 1. The van der Waals surface area contributed by atoms with Crippen LogP contribution in [0, 0.1) is 6.92 Å². The average Bonchev–Trinajstić information content (AvgIpc) is 2.92. The van der Waals surface area contributed by atoms with Crippen LogP contribution in [-0.4, -0.2) is 39.5 Å². The van der Waals surface area contributed by atoms with E-state index in [4.69, 9.17) is 9.47 Å². The molecule has 0 aliphatic heterocycles. The molecule has 2 rings (SSSR count). The Labute approximate surface area is 144 Å². The van der Waals surface area contributed by atoms with Gasteiger partial charge in [0.1, 0.15) is 10.7 Å². The third-order valence-corrected chi connectivity index (χ3v) is 3.71. The molecule has 0 fully saturated rings. The van der Waals surface area contributed by atoms with E-state index >= 15 is 0 Å². The number of carboxylic acids is 1. The molecule has 0 aliphatic rings. The van der Waals surface area contributed by atoms with Gasteiger partial charge < -0.3 is 14.6 Å². The van der Waals surface area contributed by atoms with Crippen LogP contribution in [0.4, 0.5) is 0 Å². The van der Waals surface area contributed by atoms with Crippen LogP contribution in [0.2, 0.25) is 0 Å². The van der Waals surface area contributed by atoms with E-state index in [0.29, 0.717) is 28.0 Å². The molecule has 0 aliphatic carbocycles. The molecule has 7 nitrogen and oxygen atoms in total. The van der Waals surface area contributed by atoms with Crippen LogP contribution in [0.25, 0.3) is 6.08 Å². The van der Waals surface area contributed by atoms with E-state index < -0.39 is 5.97 Å². The zero-order valence-corrected chi connectivity index (χ0v) is 14.7. The summed E-state index contributed by atoms with van der Waals surface area (Å²) < 4.78 is 11.0. The lowest BCUT2D eigenvalue weighted by Crippen LogP contribution is -2.06. The highest BCUT2D eigenvalue weighted by atomic mass is 32.2. The number of aryl methyl sites for hydroxylation is 1. The quantitative estimate of drug-likeness (QED) is 0.585. The molecule has 2 aromatic rings. The van der Waals surface area contributed by atoms with Crippen LogP contribution in [-0.2, 0) is 4.79 Å². The van der Waals surface area contributed by atoms with Gasteiger partial charge in [0.2, 0.25) is 5.16 Å². The van der Waals surface area contributed by atoms with Crippen LogP contribution >= 0.6 is 11.8 Å². The fourth-order valence-corrected chi connectivity index (χ4v) is 2.63. The number of aliphatic carboxylic acids is 1. The third-order valence-electron chi connectivity index (χ3n) is 2.84. The predicted octanol–water partition coefficient (Wildman–Crippen LogP) is 3.13. The SMILES string of the molecule is COc1cc(/C=C(\Sc2n[nH]c(C)n2)C(=O)O)ccc1OC(C)C. The minimum absolute atomic E-state index is 0.0133. The van der Waals surface area contributed by atoms with E-state index in [0.717, 1.165) is 11.8 Å². The number of hydrogen-bond acceptors (Lipinski definition) is 6. The smallest absolute Gasteiger partial charge is 0.342 e. The summed E-state index contributed by atoms with van der Waals surface area (Å²) in [5.41, 5.74) is 0.681. The second-order valence-corrected chi connectivity index (χ2v) is 6.21. The van der Waals surface area contributed by atoms with Crippen molar-refractivity contribution in [3.05, 3.63) is 34.5 Å². The van der Waals surface area contributed by atoms with E-state index in [2.05, 4.69) is 15.2 Å². The van der Waals surface area contributed by atoms with Gasteiger partial charge in [-0.25, -0.2) is 9.78 Å². The maximum atomic E-state index is 11.5. The number of nitrogens with zero attached hydrogens (tertiary/aromatic N) is 2. The molecule has 2 N–H and O–H groups in total. The number of benzene rings is 1. The highest BCUT2D eigenvalue weighted by Crippen LogP contribution is 2.31. The molecule has 8 heteroatoms. The first-order valence-electron chi connectivity index (χ1n) is 7.25. The van der Waals surface area contributed by atoms with Gasteiger partial charge in [-0.05, 0) is 56.3 Å². The molecular formula is C16H19N3O4S. The standard InChI is InChI=1S/C16H19N3O4S/c1-9(2)23-12-6-5-11(7-13(12)22-4)8-14(15(20)21)24-16-17-10(3)18-19-16/h5-9H,1-4H3,(H,20,21)(H,17,18,19)/b14-8-. The molecule has 128 valence electrons. The topological polar surface area (TPSA) is 97.3 Å². The van der Waals surface area contributed by atoms with Crippen molar-refractivity contribution < 1.29 is 19.4 Å². The molecule has 0 saturated heterocycles. The van der Waals surface area contributed by atoms with Gasteiger partial charge in [0, 0.05) is 0 Å². The molecule has 1 aromatic heterocycles. The van der Waals surface area contributed by atoms with Crippen LogP contribution in [0.3, 0.4) is 0 Å². The van der Waals surface area contributed by atoms with Gasteiger partial charge in [0.25, 0.3) is 0 Å². The molecule has 0 radical (unpaired) electrons. The number of aromatic nitrogens is 3. The summed E-state index contributed by atoms with van der Waals surface area (Å²) in [7, 11) is 1.54. The van der Waals surface area contributed by atoms with Crippen molar-refractivity contribution in [1.82, 2.24) is 15.2 Å². The van der Waals surface area contributed by atoms with Crippen molar-refractivity contribution in [2.24, 2.45) is 0 Å². The summed E-state index contributed by atoms with van der Waals surface area (Å²) in [6.45, 7) is 5.59. The van der Waals surface area contributed by atoms with Gasteiger partial charge in [0.05, 0.1) is 13.2 Å². The Hall–Kier alpha value is -2.48. The second kappa shape index (κ2) is 7.87. The highest BCUT2D eigenvalue weighted by Gasteiger charge is 2.14. The highest BCUT2D eigenvalue weighted by molar-refractivity contribution is 8.04. The Morgan fingerprint density at radius 1 is 1.38 bits per heavy atom. The lowest BCUT2D eigenvalue weighted by molar-refractivity contribution is -0.131. The van der Waals surface area contributed by atoms with E-state index in [9.17, 15) is 9.90 Å². The number of aromatic amines is 1. The van der Waals surface area contributed by atoms with Crippen LogP contribution in [0.1, 0.15) is 25.2 Å². The van der Waals surface area contributed by atoms with Crippen LogP contribution < -0.4 is 9.47 Å². The maximum absolute atomic E-state index is 11.5. The summed E-state index contributed by atoms with van der Waals surface area (Å²) in [6.07, 6.45) is 1.56. The lowest BCUT2D eigenvalue weighted by atomic mass is 10.2. The average molecular weight is 349 g/mol. The number of carbonyl (C=O) groups is 1. The summed E-state index contributed by atoms with van der Waals surface area (Å²) in [5.74, 6) is 0.725. The second-order valence-electron chi connectivity index (χ2n) is 5.20. The number of ether oxygens (including phenoxy) is 2. The Balaban J connectivity index is 2.29. The third kappa shape index (κ3) is 4.76. The van der Waals surface area contributed by atoms with E-state index in [-0.39, 0.29) is 11.0 Å². The summed E-state index contributed by atoms with van der Waals surface area (Å²) in [4.78, 5) is 15.7. The molecule has 0 amide bonds. The fourth-order valence-electron chi connectivity index (χ4n) is 1.88. The Morgan fingerprint density at radius 3 is 2.67 bits per heavy atom. The monoisotopic (exact) mass is 349 g/mol. The van der Waals surface area contributed by atoms with Crippen molar-refractivity contribution >= 4 is 23.8 Å². The number of thioether (sulfide) groups is 1. The number of methoxy groups -OCH3 is 1. The molecule has 0 unspecified atom stereocenters. The summed E-state index contributed by atoms with van der Waals surface area (Å²) in [6, 6.07) is 5.25. The Morgan fingerprint density at radius 2 is 2.12 bits per heavy atom. The summed E-state index contributed by atoms with van der Waals surface area (Å²) >= 11 is 0.977. The van der Waals surface area contributed by atoms with Gasteiger partial charge in [0.15, 0.2) is 11.5 Å². The van der Waals surface area contributed by atoms with Crippen LogP contribution in [0.15, 0.2) is 28.3 Å². The van der Waals surface area contributed by atoms with Gasteiger partial charge in [-0.1, -0.05) is 6.07 Å². The molecule has 0 atom stereocenters. The van der Waals surface area contributed by atoms with Gasteiger partial charge >= 0.3 is 5.97 Å². The van der Waals surface area contributed by atoms with E-state index in [1.807, 2.05) is 13.8 Å². The number of H-pyrrole nitrogens is 1. The first-order valence-corrected chi connectivity index (χ1v) is 8.07. The van der Waals surface area contributed by atoms with Crippen molar-refractivity contribution in [1.29, 1.82) is 0 Å². The van der Waals surface area contributed by atoms with Gasteiger partial charge in [-0.2, -0.15) is 0 Å². The van der Waals surface area contributed by atoms with Crippen molar-refractivity contribution in [2.45, 2.75) is 32.0 Å². The molecule has 1 aromatic carbocycles. The Bertz CT molecular complexity index is 756. The number of carboxylic acid groups (broad SMARTS) is 1.